The second-order valence-electron chi connectivity index (χ2n) is 4.48. The number of nitriles is 1. The fourth-order valence-corrected chi connectivity index (χ4v) is 1.87. The molecular weight excluding hydrogens is 308 g/mol. The van der Waals surface area contributed by atoms with Crippen LogP contribution in [0.4, 0.5) is 20.2 Å². The highest BCUT2D eigenvalue weighted by Crippen LogP contribution is 2.31. The molecule has 0 aromatic heterocycles. The summed E-state index contributed by atoms with van der Waals surface area (Å²) in [5.41, 5.74) is 1.25. The highest BCUT2D eigenvalue weighted by molar-refractivity contribution is 5.58. The van der Waals surface area contributed by atoms with E-state index in [1.807, 2.05) is 6.07 Å². The van der Waals surface area contributed by atoms with E-state index in [9.17, 15) is 18.9 Å². The zero-order valence-electron chi connectivity index (χ0n) is 11.7. The fraction of sp³-hybridized carbons (Fsp3) is 0.133. The van der Waals surface area contributed by atoms with Gasteiger partial charge in [-0.05, 0) is 23.8 Å². The van der Waals surface area contributed by atoms with Gasteiger partial charge in [-0.3, -0.25) is 10.1 Å². The summed E-state index contributed by atoms with van der Waals surface area (Å²) >= 11 is 0. The number of alkyl halides is 2. The molecule has 0 radical (unpaired) electrons. The first kappa shape index (κ1) is 16.2. The lowest BCUT2D eigenvalue weighted by molar-refractivity contribution is -0.386. The van der Waals surface area contributed by atoms with Gasteiger partial charge < -0.3 is 10.1 Å². The van der Waals surface area contributed by atoms with Crippen LogP contribution >= 0.6 is 0 Å². The van der Waals surface area contributed by atoms with Gasteiger partial charge in [-0.15, -0.1) is 0 Å². The smallest absolute Gasteiger partial charge is 0.387 e. The third kappa shape index (κ3) is 4.38. The second-order valence-corrected chi connectivity index (χ2v) is 4.48. The Bertz CT molecular complexity index is 743. The summed E-state index contributed by atoms with van der Waals surface area (Å²) < 4.78 is 28.8. The topological polar surface area (TPSA) is 88.2 Å². The predicted molar refractivity (Wildman–Crippen MR) is 78.2 cm³/mol. The van der Waals surface area contributed by atoms with Crippen molar-refractivity contribution in [3.63, 3.8) is 0 Å². The minimum absolute atomic E-state index is 0.359. The summed E-state index contributed by atoms with van der Waals surface area (Å²) in [6.45, 7) is -2.79. The number of nitrogens with zero attached hydrogens (tertiary/aromatic N) is 2. The lowest BCUT2D eigenvalue weighted by Gasteiger charge is -2.10. The van der Waals surface area contributed by atoms with E-state index in [1.54, 1.807) is 24.3 Å². The predicted octanol–water partition coefficient (Wildman–Crippen LogP) is 3.68. The van der Waals surface area contributed by atoms with Crippen LogP contribution in [-0.2, 0) is 6.54 Å². The Kier molecular flexibility index (Phi) is 5.04. The maximum atomic E-state index is 12.3. The monoisotopic (exact) mass is 319 g/mol. The number of benzene rings is 2. The van der Waals surface area contributed by atoms with E-state index in [2.05, 4.69) is 10.1 Å². The Morgan fingerprint density at radius 2 is 1.96 bits per heavy atom. The SMILES string of the molecule is N#Cc1ccc(CNc2ccc([N+](=O)[O-])c(OC(F)F)c2)cc1. The molecule has 0 spiro atoms. The van der Waals surface area contributed by atoms with Crippen molar-refractivity contribution in [2.45, 2.75) is 13.2 Å². The van der Waals surface area contributed by atoms with Gasteiger partial charge in [0.25, 0.3) is 0 Å². The van der Waals surface area contributed by atoms with Crippen LogP contribution in [0.2, 0.25) is 0 Å². The van der Waals surface area contributed by atoms with E-state index >= 15 is 0 Å². The molecule has 0 atom stereocenters. The number of hydrogen-bond donors (Lipinski definition) is 1. The third-order valence-corrected chi connectivity index (χ3v) is 2.95. The van der Waals surface area contributed by atoms with Gasteiger partial charge in [-0.25, -0.2) is 0 Å². The maximum absolute atomic E-state index is 12.3. The van der Waals surface area contributed by atoms with Crippen molar-refractivity contribution in [1.29, 1.82) is 5.26 Å². The van der Waals surface area contributed by atoms with E-state index in [0.717, 1.165) is 17.7 Å². The molecule has 2 aromatic rings. The number of nitro benzene ring substituents is 1. The van der Waals surface area contributed by atoms with Crippen molar-refractivity contribution in [3.8, 4) is 11.8 Å². The maximum Gasteiger partial charge on any atom is 0.387 e. The summed E-state index contributed by atoms with van der Waals surface area (Å²) in [4.78, 5) is 10.00. The van der Waals surface area contributed by atoms with Crippen molar-refractivity contribution in [2.24, 2.45) is 0 Å². The molecule has 0 aliphatic heterocycles. The lowest BCUT2D eigenvalue weighted by Crippen LogP contribution is -2.06. The van der Waals surface area contributed by atoms with Crippen molar-refractivity contribution >= 4 is 11.4 Å². The van der Waals surface area contributed by atoms with Crippen LogP contribution in [0.15, 0.2) is 42.5 Å². The van der Waals surface area contributed by atoms with Gasteiger partial charge >= 0.3 is 12.3 Å². The number of nitrogens with one attached hydrogen (secondary N) is 1. The fourth-order valence-electron chi connectivity index (χ4n) is 1.87. The van der Waals surface area contributed by atoms with E-state index in [0.29, 0.717) is 17.8 Å². The number of anilines is 1. The molecule has 6 nitrogen and oxygen atoms in total. The number of hydrogen-bond acceptors (Lipinski definition) is 5. The van der Waals surface area contributed by atoms with Crippen LogP contribution in [-0.4, -0.2) is 11.5 Å². The Morgan fingerprint density at radius 3 is 2.52 bits per heavy atom. The first-order chi connectivity index (χ1) is 11.0. The molecule has 0 heterocycles. The Hall–Kier alpha value is -3.21. The van der Waals surface area contributed by atoms with Crippen LogP contribution < -0.4 is 10.1 Å². The molecule has 0 unspecified atom stereocenters. The molecule has 2 rings (SSSR count). The van der Waals surface area contributed by atoms with Crippen molar-refractivity contribution in [3.05, 3.63) is 63.7 Å². The van der Waals surface area contributed by atoms with Gasteiger partial charge in [0.1, 0.15) is 0 Å². The highest BCUT2D eigenvalue weighted by Gasteiger charge is 2.18. The Morgan fingerprint density at radius 1 is 1.26 bits per heavy atom. The summed E-state index contributed by atoms with van der Waals surface area (Å²) in [6, 6.07) is 12.4. The molecule has 0 aliphatic rings. The van der Waals surface area contributed by atoms with Crippen LogP contribution in [0.3, 0.4) is 0 Å². The molecule has 1 N–H and O–H groups in total. The van der Waals surface area contributed by atoms with Crippen LogP contribution in [0.1, 0.15) is 11.1 Å². The molecule has 0 saturated carbocycles. The van der Waals surface area contributed by atoms with Crippen molar-refractivity contribution in [1.82, 2.24) is 0 Å². The first-order valence-corrected chi connectivity index (χ1v) is 6.46. The minimum Gasteiger partial charge on any atom is -0.427 e. The Balaban J connectivity index is 2.13. The van der Waals surface area contributed by atoms with Crippen LogP contribution in [0, 0.1) is 21.4 Å². The van der Waals surface area contributed by atoms with E-state index in [-0.39, 0.29) is 0 Å². The molecule has 2 aromatic carbocycles. The van der Waals surface area contributed by atoms with Gasteiger partial charge in [0.2, 0.25) is 5.75 Å². The molecule has 23 heavy (non-hydrogen) atoms. The molecule has 0 amide bonds. The standard InChI is InChI=1S/C15H11F2N3O3/c16-15(17)23-14-7-12(5-6-13(14)20(21)22)19-9-11-3-1-10(8-18)2-4-11/h1-7,15,19H,9H2. The third-order valence-electron chi connectivity index (χ3n) is 2.95. The highest BCUT2D eigenvalue weighted by atomic mass is 19.3. The van der Waals surface area contributed by atoms with Crippen LogP contribution in [0.25, 0.3) is 0 Å². The van der Waals surface area contributed by atoms with E-state index in [1.165, 1.54) is 6.07 Å². The number of halogens is 2. The second kappa shape index (κ2) is 7.17. The van der Waals surface area contributed by atoms with Gasteiger partial charge in [-0.1, -0.05) is 12.1 Å². The van der Waals surface area contributed by atoms with Gasteiger partial charge in [-0.2, -0.15) is 14.0 Å². The summed E-state index contributed by atoms with van der Waals surface area (Å²) in [6.07, 6.45) is 0. The number of nitro groups is 1. The first-order valence-electron chi connectivity index (χ1n) is 6.46. The van der Waals surface area contributed by atoms with Crippen molar-refractivity contribution < 1.29 is 18.4 Å². The molecule has 0 fully saturated rings. The average Bonchev–Trinajstić information content (AvgIpc) is 2.52. The van der Waals surface area contributed by atoms with E-state index < -0.39 is 23.0 Å². The molecule has 0 aliphatic carbocycles. The molecule has 118 valence electrons. The molecule has 0 saturated heterocycles. The number of rotatable bonds is 6. The van der Waals surface area contributed by atoms with E-state index in [4.69, 9.17) is 5.26 Å². The lowest BCUT2D eigenvalue weighted by atomic mass is 10.1. The minimum atomic E-state index is -3.15. The summed E-state index contributed by atoms with van der Waals surface area (Å²) in [7, 11) is 0. The normalized spacial score (nSPS) is 10.2. The quantitative estimate of drug-likeness (QED) is 0.648. The molecule has 0 bridgehead atoms. The summed E-state index contributed by atoms with van der Waals surface area (Å²) in [5.74, 6) is -0.505. The molecular formula is C15H11F2N3O3. The zero-order chi connectivity index (χ0) is 16.8. The van der Waals surface area contributed by atoms with Crippen molar-refractivity contribution in [2.75, 3.05) is 5.32 Å². The average molecular weight is 319 g/mol. The molecule has 8 heteroatoms. The van der Waals surface area contributed by atoms with Gasteiger partial charge in [0.05, 0.1) is 16.6 Å². The van der Waals surface area contributed by atoms with Crippen LogP contribution in [0.5, 0.6) is 5.75 Å². The largest absolute Gasteiger partial charge is 0.427 e. The zero-order valence-corrected chi connectivity index (χ0v) is 11.7. The van der Waals surface area contributed by atoms with Gasteiger partial charge in [0, 0.05) is 24.4 Å². The Labute approximate surface area is 130 Å². The summed E-state index contributed by atoms with van der Waals surface area (Å²) in [5, 5.41) is 22.4. The number of ether oxygens (including phenoxy) is 1. The van der Waals surface area contributed by atoms with Gasteiger partial charge in [0.15, 0.2) is 0 Å².